The van der Waals surface area contributed by atoms with Crippen LogP contribution < -0.4 is 5.32 Å². The minimum Gasteiger partial charge on any atom is -0.341 e. The number of aromatic amines is 1. The van der Waals surface area contributed by atoms with E-state index >= 15 is 0 Å². The molecular formula is C13H14N6S. The maximum Gasteiger partial charge on any atom is 0.181 e. The lowest BCUT2D eigenvalue weighted by Gasteiger charge is -2.11. The quantitative estimate of drug-likeness (QED) is 0.716. The molecule has 0 aliphatic rings. The van der Waals surface area contributed by atoms with Gasteiger partial charge in [-0.1, -0.05) is 0 Å². The van der Waals surface area contributed by atoms with Gasteiger partial charge in [-0.25, -0.2) is 19.9 Å². The minimum atomic E-state index is 0.287. The van der Waals surface area contributed by atoms with E-state index in [0.29, 0.717) is 5.65 Å². The summed E-state index contributed by atoms with van der Waals surface area (Å²) in [5.41, 5.74) is 2.70. The molecule has 6 nitrogen and oxygen atoms in total. The van der Waals surface area contributed by atoms with E-state index in [2.05, 4.69) is 43.2 Å². The highest BCUT2D eigenvalue weighted by molar-refractivity contribution is 7.99. The summed E-state index contributed by atoms with van der Waals surface area (Å²) >= 11 is 1.50. The number of fused-ring (bicyclic) bond motifs is 1. The fourth-order valence-corrected chi connectivity index (χ4v) is 2.69. The van der Waals surface area contributed by atoms with Crippen molar-refractivity contribution in [1.29, 1.82) is 0 Å². The summed E-state index contributed by atoms with van der Waals surface area (Å²) < 4.78 is 0. The summed E-state index contributed by atoms with van der Waals surface area (Å²) in [5, 5.41) is 4.95. The number of nitrogens with one attached hydrogen (secondary N) is 2. The topological polar surface area (TPSA) is 79.4 Å². The molecule has 0 fully saturated rings. The van der Waals surface area contributed by atoms with Crippen molar-refractivity contribution in [3.63, 3.8) is 0 Å². The molecule has 0 aliphatic heterocycles. The molecule has 0 radical (unpaired) electrons. The van der Waals surface area contributed by atoms with E-state index in [-0.39, 0.29) is 6.04 Å². The largest absolute Gasteiger partial charge is 0.341 e. The van der Waals surface area contributed by atoms with Crippen molar-refractivity contribution < 1.29 is 0 Å². The first kappa shape index (κ1) is 13.0. The van der Waals surface area contributed by atoms with Crippen LogP contribution in [0.4, 0.5) is 0 Å². The third kappa shape index (κ3) is 2.50. The second kappa shape index (κ2) is 5.56. The van der Waals surface area contributed by atoms with Crippen molar-refractivity contribution in [3.8, 4) is 0 Å². The highest BCUT2D eigenvalue weighted by atomic mass is 32.2. The summed E-state index contributed by atoms with van der Waals surface area (Å²) in [6, 6.07) is 4.36. The van der Waals surface area contributed by atoms with E-state index in [1.807, 2.05) is 19.3 Å². The SMILES string of the molecule is CNC(C)c1ccnc(Sc2ncnc3nc[nH]c23)c1. The molecule has 1 atom stereocenters. The molecule has 3 heterocycles. The Morgan fingerprint density at radius 1 is 1.25 bits per heavy atom. The van der Waals surface area contributed by atoms with Gasteiger partial charge in [0.15, 0.2) is 5.65 Å². The first-order valence-corrected chi connectivity index (χ1v) is 7.04. The Balaban J connectivity index is 1.93. The molecule has 102 valence electrons. The number of H-pyrrole nitrogens is 1. The highest BCUT2D eigenvalue weighted by Crippen LogP contribution is 2.29. The molecular weight excluding hydrogens is 272 g/mol. The molecule has 3 rings (SSSR count). The molecule has 0 spiro atoms. The number of aromatic nitrogens is 5. The van der Waals surface area contributed by atoms with Crippen LogP contribution in [0, 0.1) is 0 Å². The van der Waals surface area contributed by atoms with Crippen molar-refractivity contribution in [2.45, 2.75) is 23.0 Å². The average molecular weight is 286 g/mol. The molecule has 0 bridgehead atoms. The van der Waals surface area contributed by atoms with Gasteiger partial charge in [-0.2, -0.15) is 0 Å². The van der Waals surface area contributed by atoms with Crippen molar-refractivity contribution in [1.82, 2.24) is 30.2 Å². The Morgan fingerprint density at radius 2 is 2.15 bits per heavy atom. The maximum absolute atomic E-state index is 4.38. The van der Waals surface area contributed by atoms with Crippen LogP contribution >= 0.6 is 11.8 Å². The number of nitrogens with zero attached hydrogens (tertiary/aromatic N) is 4. The second-order valence-corrected chi connectivity index (χ2v) is 5.33. The Bertz CT molecular complexity index is 725. The number of imidazole rings is 1. The van der Waals surface area contributed by atoms with Crippen LogP contribution in [0.3, 0.4) is 0 Å². The van der Waals surface area contributed by atoms with Crippen molar-refractivity contribution in [3.05, 3.63) is 36.5 Å². The highest BCUT2D eigenvalue weighted by Gasteiger charge is 2.10. The number of pyridine rings is 1. The van der Waals surface area contributed by atoms with E-state index in [1.165, 1.54) is 23.7 Å². The smallest absolute Gasteiger partial charge is 0.181 e. The molecule has 0 aliphatic carbocycles. The maximum atomic E-state index is 4.38. The standard InChI is InChI=1S/C13H14N6S/c1-8(14-2)9-3-4-15-10(5-9)20-13-11-12(17-6-16-11)18-7-19-13/h3-8,14H,1-2H3,(H,16,17,18,19). The predicted octanol–water partition coefficient (Wildman–Crippen LogP) is 2.18. The first-order valence-electron chi connectivity index (χ1n) is 6.23. The molecule has 0 aromatic carbocycles. The fourth-order valence-electron chi connectivity index (χ4n) is 1.84. The Labute approximate surface area is 120 Å². The van der Waals surface area contributed by atoms with Crippen LogP contribution in [-0.4, -0.2) is 32.0 Å². The van der Waals surface area contributed by atoms with Gasteiger partial charge in [-0.05, 0) is 43.4 Å². The van der Waals surface area contributed by atoms with Gasteiger partial charge >= 0.3 is 0 Å². The molecule has 1 unspecified atom stereocenters. The molecule has 7 heteroatoms. The first-order chi connectivity index (χ1) is 9.78. The fraction of sp³-hybridized carbons (Fsp3) is 0.231. The van der Waals surface area contributed by atoms with Crippen molar-refractivity contribution >= 4 is 22.9 Å². The van der Waals surface area contributed by atoms with Crippen LogP contribution in [0.15, 0.2) is 41.0 Å². The second-order valence-electron chi connectivity index (χ2n) is 4.32. The van der Waals surface area contributed by atoms with Gasteiger partial charge in [0.2, 0.25) is 0 Å². The van der Waals surface area contributed by atoms with Gasteiger partial charge in [0, 0.05) is 12.2 Å². The summed E-state index contributed by atoms with van der Waals surface area (Å²) in [5.74, 6) is 0. The Kier molecular flexibility index (Phi) is 3.62. The summed E-state index contributed by atoms with van der Waals surface area (Å²) in [4.78, 5) is 20.0. The van der Waals surface area contributed by atoms with Gasteiger partial charge in [-0.3, -0.25) is 0 Å². The molecule has 0 amide bonds. The normalized spacial score (nSPS) is 12.7. The van der Waals surface area contributed by atoms with Crippen molar-refractivity contribution in [2.24, 2.45) is 0 Å². The van der Waals surface area contributed by atoms with Crippen LogP contribution in [0.2, 0.25) is 0 Å². The van der Waals surface area contributed by atoms with E-state index < -0.39 is 0 Å². The van der Waals surface area contributed by atoms with Crippen LogP contribution in [-0.2, 0) is 0 Å². The zero-order valence-corrected chi connectivity index (χ0v) is 12.0. The Hall–Kier alpha value is -1.99. The monoisotopic (exact) mass is 286 g/mol. The van der Waals surface area contributed by atoms with Gasteiger partial charge in [-0.15, -0.1) is 0 Å². The molecule has 3 aromatic heterocycles. The molecule has 20 heavy (non-hydrogen) atoms. The Morgan fingerprint density at radius 3 is 3.00 bits per heavy atom. The lowest BCUT2D eigenvalue weighted by atomic mass is 10.1. The zero-order chi connectivity index (χ0) is 13.9. The van der Waals surface area contributed by atoms with Crippen LogP contribution in [0.25, 0.3) is 11.2 Å². The van der Waals surface area contributed by atoms with Gasteiger partial charge in [0.1, 0.15) is 21.9 Å². The number of rotatable bonds is 4. The van der Waals surface area contributed by atoms with Crippen LogP contribution in [0.1, 0.15) is 18.5 Å². The third-order valence-electron chi connectivity index (χ3n) is 3.08. The lowest BCUT2D eigenvalue weighted by Crippen LogP contribution is -2.12. The molecule has 0 saturated heterocycles. The predicted molar refractivity (Wildman–Crippen MR) is 77.5 cm³/mol. The molecule has 3 aromatic rings. The summed E-state index contributed by atoms with van der Waals surface area (Å²) in [7, 11) is 1.94. The van der Waals surface area contributed by atoms with Gasteiger partial charge in [0.25, 0.3) is 0 Å². The van der Waals surface area contributed by atoms with E-state index in [9.17, 15) is 0 Å². The third-order valence-corrected chi connectivity index (χ3v) is 4.02. The summed E-state index contributed by atoms with van der Waals surface area (Å²) in [6.45, 7) is 2.11. The summed E-state index contributed by atoms with van der Waals surface area (Å²) in [6.07, 6.45) is 4.96. The van der Waals surface area contributed by atoms with Crippen LogP contribution in [0.5, 0.6) is 0 Å². The number of hydrogen-bond acceptors (Lipinski definition) is 6. The lowest BCUT2D eigenvalue weighted by molar-refractivity contribution is 0.649. The van der Waals surface area contributed by atoms with Gasteiger partial charge in [0.05, 0.1) is 6.33 Å². The van der Waals surface area contributed by atoms with E-state index in [0.717, 1.165) is 15.6 Å². The van der Waals surface area contributed by atoms with Crippen molar-refractivity contribution in [2.75, 3.05) is 7.05 Å². The minimum absolute atomic E-state index is 0.287. The average Bonchev–Trinajstić information content (AvgIpc) is 2.96. The van der Waals surface area contributed by atoms with Gasteiger partial charge < -0.3 is 10.3 Å². The molecule has 0 saturated carbocycles. The van der Waals surface area contributed by atoms with E-state index in [1.54, 1.807) is 6.33 Å². The zero-order valence-electron chi connectivity index (χ0n) is 11.2. The molecule has 2 N–H and O–H groups in total. The van der Waals surface area contributed by atoms with E-state index in [4.69, 9.17) is 0 Å². The number of hydrogen-bond donors (Lipinski definition) is 2.